The summed E-state index contributed by atoms with van der Waals surface area (Å²) in [7, 11) is 1.59. The van der Waals surface area contributed by atoms with Crippen LogP contribution in [0.3, 0.4) is 0 Å². The van der Waals surface area contributed by atoms with Gasteiger partial charge < -0.3 is 19.7 Å². The molecule has 2 aromatic rings. The molecule has 29 heavy (non-hydrogen) atoms. The predicted molar refractivity (Wildman–Crippen MR) is 113 cm³/mol. The zero-order valence-corrected chi connectivity index (χ0v) is 17.4. The summed E-state index contributed by atoms with van der Waals surface area (Å²) in [4.78, 5) is 23.2. The molecule has 1 N–H and O–H groups in total. The maximum absolute atomic E-state index is 12.4. The van der Waals surface area contributed by atoms with E-state index < -0.39 is 0 Å². The van der Waals surface area contributed by atoms with Crippen molar-refractivity contribution in [3.05, 3.63) is 42.1 Å². The molecule has 1 saturated heterocycles. The van der Waals surface area contributed by atoms with E-state index in [0.717, 1.165) is 31.7 Å². The van der Waals surface area contributed by atoms with Gasteiger partial charge in [0, 0.05) is 31.3 Å². The van der Waals surface area contributed by atoms with Gasteiger partial charge in [0.2, 0.25) is 17.7 Å². The van der Waals surface area contributed by atoms with E-state index in [0.29, 0.717) is 30.9 Å². The Morgan fingerprint density at radius 2 is 1.93 bits per heavy atom. The molecule has 156 valence electrons. The van der Waals surface area contributed by atoms with E-state index >= 15 is 0 Å². The van der Waals surface area contributed by atoms with Crippen LogP contribution in [0.25, 0.3) is 0 Å². The minimum atomic E-state index is 0.0159. The van der Waals surface area contributed by atoms with Gasteiger partial charge in [-0.25, -0.2) is 4.98 Å². The number of hydrogen-bond acceptors (Lipinski definition) is 6. The largest absolute Gasteiger partial charge is 0.492 e. The van der Waals surface area contributed by atoms with Gasteiger partial charge in [-0.3, -0.25) is 4.79 Å². The van der Waals surface area contributed by atoms with Gasteiger partial charge in [-0.05, 0) is 36.5 Å². The molecule has 0 unspecified atom stereocenters. The number of aromatic nitrogens is 2. The normalized spacial score (nSPS) is 14.7. The lowest BCUT2D eigenvalue weighted by Crippen LogP contribution is -2.42. The van der Waals surface area contributed by atoms with Crippen molar-refractivity contribution in [2.24, 2.45) is 5.92 Å². The first-order valence-corrected chi connectivity index (χ1v) is 10.2. The first-order chi connectivity index (χ1) is 14.1. The Kier molecular flexibility index (Phi) is 7.27. The molecule has 7 nitrogen and oxygen atoms in total. The fourth-order valence-corrected chi connectivity index (χ4v) is 3.38. The number of carbonyl (C=O) groups excluding carboxylic acids is 1. The highest BCUT2D eigenvalue weighted by Crippen LogP contribution is 2.22. The second-order valence-electron chi connectivity index (χ2n) is 7.52. The highest BCUT2D eigenvalue weighted by Gasteiger charge is 2.26. The summed E-state index contributed by atoms with van der Waals surface area (Å²) in [6.07, 6.45) is 3.25. The number of piperidine rings is 1. The Labute approximate surface area is 172 Å². The zero-order valence-electron chi connectivity index (χ0n) is 17.4. The maximum atomic E-state index is 12.4. The minimum Gasteiger partial charge on any atom is -0.492 e. The van der Waals surface area contributed by atoms with E-state index in [1.165, 1.54) is 5.56 Å². The smallest absolute Gasteiger partial charge is 0.228 e. The van der Waals surface area contributed by atoms with E-state index in [1.807, 2.05) is 12.1 Å². The Bertz CT molecular complexity index is 787. The number of carbonyl (C=O) groups is 1. The van der Waals surface area contributed by atoms with Crippen molar-refractivity contribution in [3.8, 4) is 11.6 Å². The number of rotatable bonds is 8. The topological polar surface area (TPSA) is 76.6 Å². The number of benzene rings is 1. The van der Waals surface area contributed by atoms with E-state index in [9.17, 15) is 4.79 Å². The standard InChI is InChI=1S/C22H30N4O3/c1-16(2)17-4-6-19(7-5-17)29-15-12-23-21(27)18-9-13-26(14-10-18)22-24-11-8-20(25-22)28-3/h4-8,11,16,18H,9-10,12-15H2,1-3H3,(H,23,27). The summed E-state index contributed by atoms with van der Waals surface area (Å²) in [6.45, 7) is 6.81. The molecule has 0 saturated carbocycles. The van der Waals surface area contributed by atoms with Crippen LogP contribution in [-0.2, 0) is 4.79 Å². The molecule has 1 aromatic carbocycles. The Hall–Kier alpha value is -2.83. The van der Waals surface area contributed by atoms with Crippen LogP contribution in [0.1, 0.15) is 38.2 Å². The molecular formula is C22H30N4O3. The van der Waals surface area contributed by atoms with Crippen LogP contribution in [0.2, 0.25) is 0 Å². The number of ether oxygens (including phenoxy) is 2. The van der Waals surface area contributed by atoms with Gasteiger partial charge in [-0.2, -0.15) is 4.98 Å². The number of anilines is 1. The zero-order chi connectivity index (χ0) is 20.6. The van der Waals surface area contributed by atoms with E-state index in [2.05, 4.69) is 46.2 Å². The summed E-state index contributed by atoms with van der Waals surface area (Å²) < 4.78 is 10.9. The third-order valence-electron chi connectivity index (χ3n) is 5.19. The quantitative estimate of drug-likeness (QED) is 0.689. The van der Waals surface area contributed by atoms with Crippen molar-refractivity contribution in [1.29, 1.82) is 0 Å². The van der Waals surface area contributed by atoms with Crippen molar-refractivity contribution in [2.75, 3.05) is 38.3 Å². The first-order valence-electron chi connectivity index (χ1n) is 10.2. The molecule has 1 amide bonds. The van der Waals surface area contributed by atoms with Crippen LogP contribution >= 0.6 is 0 Å². The number of amides is 1. The lowest BCUT2D eigenvalue weighted by molar-refractivity contribution is -0.125. The molecular weight excluding hydrogens is 368 g/mol. The number of nitrogens with zero attached hydrogens (tertiary/aromatic N) is 3. The van der Waals surface area contributed by atoms with Crippen molar-refractivity contribution >= 4 is 11.9 Å². The lowest BCUT2D eigenvalue weighted by atomic mass is 9.96. The highest BCUT2D eigenvalue weighted by molar-refractivity contribution is 5.78. The van der Waals surface area contributed by atoms with Gasteiger partial charge >= 0.3 is 0 Å². The third-order valence-corrected chi connectivity index (χ3v) is 5.19. The van der Waals surface area contributed by atoms with Crippen molar-refractivity contribution in [2.45, 2.75) is 32.6 Å². The van der Waals surface area contributed by atoms with Gasteiger partial charge in [-0.15, -0.1) is 0 Å². The van der Waals surface area contributed by atoms with Crippen LogP contribution in [-0.4, -0.2) is 49.2 Å². The molecule has 1 aromatic heterocycles. The van der Waals surface area contributed by atoms with Crippen LogP contribution in [0, 0.1) is 5.92 Å². The van der Waals surface area contributed by atoms with Crippen molar-refractivity contribution in [1.82, 2.24) is 15.3 Å². The second-order valence-corrected chi connectivity index (χ2v) is 7.52. The van der Waals surface area contributed by atoms with Crippen LogP contribution in [0.5, 0.6) is 11.6 Å². The monoisotopic (exact) mass is 398 g/mol. The first kappa shape index (κ1) is 20.9. The van der Waals surface area contributed by atoms with Gasteiger partial charge in [0.15, 0.2) is 0 Å². The molecule has 0 atom stereocenters. The fraction of sp³-hybridized carbons (Fsp3) is 0.500. The summed E-state index contributed by atoms with van der Waals surface area (Å²) in [5.41, 5.74) is 1.29. The molecule has 1 aliphatic rings. The van der Waals surface area contributed by atoms with Gasteiger partial charge in [0.25, 0.3) is 0 Å². The molecule has 7 heteroatoms. The lowest BCUT2D eigenvalue weighted by Gasteiger charge is -2.31. The molecule has 2 heterocycles. The van der Waals surface area contributed by atoms with Crippen LogP contribution in [0.4, 0.5) is 5.95 Å². The van der Waals surface area contributed by atoms with Crippen LogP contribution < -0.4 is 19.7 Å². The SMILES string of the molecule is COc1ccnc(N2CCC(C(=O)NCCOc3ccc(C(C)C)cc3)CC2)n1. The molecule has 0 spiro atoms. The Morgan fingerprint density at radius 1 is 1.21 bits per heavy atom. The van der Waals surface area contributed by atoms with Gasteiger partial charge in [0.1, 0.15) is 12.4 Å². The van der Waals surface area contributed by atoms with E-state index in [-0.39, 0.29) is 11.8 Å². The van der Waals surface area contributed by atoms with E-state index in [4.69, 9.17) is 9.47 Å². The summed E-state index contributed by atoms with van der Waals surface area (Å²) in [6, 6.07) is 9.85. The summed E-state index contributed by atoms with van der Waals surface area (Å²) >= 11 is 0. The second kappa shape index (κ2) is 10.1. The molecule has 3 rings (SSSR count). The third kappa shape index (κ3) is 5.82. The molecule has 0 bridgehead atoms. The van der Waals surface area contributed by atoms with Crippen molar-refractivity contribution in [3.63, 3.8) is 0 Å². The number of hydrogen-bond donors (Lipinski definition) is 1. The van der Waals surface area contributed by atoms with E-state index in [1.54, 1.807) is 19.4 Å². The average Bonchev–Trinajstić information content (AvgIpc) is 2.77. The predicted octanol–water partition coefficient (Wildman–Crippen LogP) is 3.02. The molecule has 0 aliphatic carbocycles. The fourth-order valence-electron chi connectivity index (χ4n) is 3.38. The average molecular weight is 399 g/mol. The minimum absolute atomic E-state index is 0.0159. The molecule has 1 fully saturated rings. The Balaban J connectivity index is 1.37. The Morgan fingerprint density at radius 3 is 2.59 bits per heavy atom. The highest BCUT2D eigenvalue weighted by atomic mass is 16.5. The van der Waals surface area contributed by atoms with Crippen molar-refractivity contribution < 1.29 is 14.3 Å². The molecule has 0 radical (unpaired) electrons. The molecule has 1 aliphatic heterocycles. The van der Waals surface area contributed by atoms with Gasteiger partial charge in [0.05, 0.1) is 13.7 Å². The number of nitrogens with one attached hydrogen (secondary N) is 1. The van der Waals surface area contributed by atoms with Crippen LogP contribution in [0.15, 0.2) is 36.5 Å². The summed E-state index contributed by atoms with van der Waals surface area (Å²) in [5.74, 6) is 2.64. The number of methoxy groups -OCH3 is 1. The maximum Gasteiger partial charge on any atom is 0.228 e. The summed E-state index contributed by atoms with van der Waals surface area (Å²) in [5, 5.41) is 2.99. The van der Waals surface area contributed by atoms with Gasteiger partial charge in [-0.1, -0.05) is 26.0 Å².